The molecule has 8 aromatic rings. The van der Waals surface area contributed by atoms with Crippen LogP contribution in [0.5, 0.6) is 0 Å². The van der Waals surface area contributed by atoms with E-state index in [4.69, 9.17) is 15.0 Å². The monoisotopic (exact) mass is 725 g/mol. The van der Waals surface area contributed by atoms with E-state index in [1.807, 2.05) is 6.07 Å². The van der Waals surface area contributed by atoms with Gasteiger partial charge in [0.1, 0.15) is 16.1 Å². The van der Waals surface area contributed by atoms with Crippen LogP contribution in [-0.2, 0) is 0 Å². The lowest BCUT2D eigenvalue weighted by molar-refractivity contribution is 1.08. The summed E-state index contributed by atoms with van der Waals surface area (Å²) in [6.07, 6.45) is 0. The van der Waals surface area contributed by atoms with Crippen molar-refractivity contribution in [2.24, 2.45) is 0 Å². The topological polar surface area (TPSA) is 38.7 Å². The van der Waals surface area contributed by atoms with Crippen molar-refractivity contribution in [2.75, 3.05) is 0 Å². The quantitative estimate of drug-likeness (QED) is 0.166. The zero-order valence-electron chi connectivity index (χ0n) is 30.9. The third kappa shape index (κ3) is 4.96. The van der Waals surface area contributed by atoms with Gasteiger partial charge in [-0.15, -0.1) is 0 Å². The van der Waals surface area contributed by atoms with Crippen LogP contribution in [-0.4, -0.2) is 31.1 Å². The largest absolute Gasteiger partial charge is 0.208 e. The Morgan fingerprint density at radius 2 is 0.815 bits per heavy atom. The van der Waals surface area contributed by atoms with E-state index in [0.717, 1.165) is 27.8 Å². The summed E-state index contributed by atoms with van der Waals surface area (Å²) in [5.41, 5.74) is 13.0. The Morgan fingerprint density at radius 3 is 1.54 bits per heavy atom. The van der Waals surface area contributed by atoms with E-state index in [-0.39, 0.29) is 0 Å². The van der Waals surface area contributed by atoms with Gasteiger partial charge in [-0.1, -0.05) is 184 Å². The van der Waals surface area contributed by atoms with Gasteiger partial charge in [-0.25, -0.2) is 15.0 Å². The molecule has 0 saturated carbocycles. The summed E-state index contributed by atoms with van der Waals surface area (Å²) in [4.78, 5) is 16.3. The average Bonchev–Trinajstić information content (AvgIpc) is 3.60. The highest BCUT2D eigenvalue weighted by molar-refractivity contribution is 7.04. The van der Waals surface area contributed by atoms with E-state index in [1.54, 1.807) is 0 Å². The van der Waals surface area contributed by atoms with Crippen LogP contribution in [0.25, 0.3) is 78.7 Å². The van der Waals surface area contributed by atoms with Crippen molar-refractivity contribution in [3.63, 3.8) is 0 Å². The molecule has 0 N–H and O–H groups in total. The zero-order chi connectivity index (χ0) is 36.6. The molecule has 2 aliphatic rings. The molecule has 5 heteroatoms. The first-order valence-corrected chi connectivity index (χ1v) is 24.8. The maximum Gasteiger partial charge on any atom is 0.165 e. The zero-order valence-corrected chi connectivity index (χ0v) is 32.9. The van der Waals surface area contributed by atoms with Crippen LogP contribution in [0.3, 0.4) is 0 Å². The highest BCUT2D eigenvalue weighted by Gasteiger charge is 2.41. The van der Waals surface area contributed by atoms with Crippen LogP contribution < -0.4 is 20.7 Å². The summed E-state index contributed by atoms with van der Waals surface area (Å²) in [6, 6.07) is 59.3. The van der Waals surface area contributed by atoms with Gasteiger partial charge >= 0.3 is 0 Å². The van der Waals surface area contributed by atoms with E-state index in [0.29, 0.717) is 17.5 Å². The Labute approximate surface area is 319 Å². The second-order valence-corrected chi connectivity index (χ2v) is 24.3. The van der Waals surface area contributed by atoms with Gasteiger partial charge in [0, 0.05) is 16.7 Å². The second kappa shape index (κ2) is 12.3. The Hall–Kier alpha value is -6.02. The minimum atomic E-state index is -2.01. The molecule has 1 aromatic heterocycles. The SMILES string of the molecule is C[Si]1(C)c2ccc(-c3ccccc3)cc2-c2c(-c3nc(-c4ccccc4)nc(-c4c(-c5ccccc5)ccc5c4-c4ccccc4[Si]5(C)C)n3)cccc21. The van der Waals surface area contributed by atoms with Gasteiger partial charge in [-0.3, -0.25) is 0 Å². The summed E-state index contributed by atoms with van der Waals surface area (Å²) >= 11 is 0. The fourth-order valence-corrected chi connectivity index (χ4v) is 15.1. The Kier molecular flexibility index (Phi) is 7.41. The van der Waals surface area contributed by atoms with Crippen molar-refractivity contribution in [3.05, 3.63) is 164 Å². The molecular formula is C49H39N3Si2. The van der Waals surface area contributed by atoms with Crippen molar-refractivity contribution in [1.82, 2.24) is 15.0 Å². The Balaban J connectivity index is 1.28. The molecule has 0 unspecified atom stereocenters. The molecule has 7 aromatic carbocycles. The number of hydrogen-bond acceptors (Lipinski definition) is 3. The number of fused-ring (bicyclic) bond motifs is 6. The molecule has 0 amide bonds. The van der Waals surface area contributed by atoms with Crippen LogP contribution >= 0.6 is 0 Å². The van der Waals surface area contributed by atoms with E-state index < -0.39 is 16.1 Å². The normalized spacial score (nSPS) is 14.2. The standard InChI is InChI=1S/C49H39N3Si2/c1-53(2)40-25-15-14-23-37(40)45-43(53)30-28-36(33-19-10-6-11-20-33)46(45)49-51-47(34-21-12-7-13-22-34)50-48(52-49)38-24-16-26-42-44(38)39-31-35(32-17-8-5-9-18-32)27-29-41(39)54(42,3)4/h5-31H,1-4H3. The van der Waals surface area contributed by atoms with Gasteiger partial charge < -0.3 is 0 Å². The number of nitrogens with zero attached hydrogens (tertiary/aromatic N) is 3. The Morgan fingerprint density at radius 1 is 0.296 bits per heavy atom. The lowest BCUT2D eigenvalue weighted by Gasteiger charge is -2.21. The van der Waals surface area contributed by atoms with Gasteiger partial charge in [-0.2, -0.15) is 0 Å². The van der Waals surface area contributed by atoms with Crippen LogP contribution in [0.1, 0.15) is 0 Å². The highest BCUT2D eigenvalue weighted by atomic mass is 28.3. The van der Waals surface area contributed by atoms with E-state index in [2.05, 4.69) is 184 Å². The molecule has 0 fully saturated rings. The van der Waals surface area contributed by atoms with E-state index >= 15 is 0 Å². The van der Waals surface area contributed by atoms with Gasteiger partial charge in [0.2, 0.25) is 0 Å². The molecule has 54 heavy (non-hydrogen) atoms. The first-order chi connectivity index (χ1) is 26.3. The minimum absolute atomic E-state index is 0.681. The van der Waals surface area contributed by atoms with Gasteiger partial charge in [0.25, 0.3) is 0 Å². The molecule has 3 heterocycles. The average molecular weight is 726 g/mol. The lowest BCUT2D eigenvalue weighted by Crippen LogP contribution is -2.49. The molecule has 3 nitrogen and oxygen atoms in total. The van der Waals surface area contributed by atoms with Gasteiger partial charge in [-0.05, 0) is 71.3 Å². The van der Waals surface area contributed by atoms with Crippen molar-refractivity contribution < 1.29 is 0 Å². The van der Waals surface area contributed by atoms with Gasteiger partial charge in [0.05, 0.1) is 0 Å². The van der Waals surface area contributed by atoms with Crippen molar-refractivity contribution in [1.29, 1.82) is 0 Å². The molecule has 0 bridgehead atoms. The molecule has 0 saturated heterocycles. The predicted octanol–water partition coefficient (Wildman–Crippen LogP) is 9.81. The maximum absolute atomic E-state index is 5.57. The number of benzene rings is 7. The molecule has 2 aliphatic heterocycles. The smallest absolute Gasteiger partial charge is 0.165 e. The van der Waals surface area contributed by atoms with Crippen LogP contribution in [0.4, 0.5) is 0 Å². The fraction of sp³-hybridized carbons (Fsp3) is 0.0816. The summed E-state index contributed by atoms with van der Waals surface area (Å²) in [5.74, 6) is 2.10. The maximum atomic E-state index is 5.57. The molecule has 10 rings (SSSR count). The minimum Gasteiger partial charge on any atom is -0.208 e. The first-order valence-electron chi connectivity index (χ1n) is 18.8. The number of hydrogen-bond donors (Lipinski definition) is 0. The second-order valence-electron chi connectivity index (χ2n) is 15.6. The van der Waals surface area contributed by atoms with E-state index in [9.17, 15) is 0 Å². The molecule has 0 spiro atoms. The third-order valence-corrected chi connectivity index (χ3v) is 18.9. The van der Waals surface area contributed by atoms with Crippen LogP contribution in [0.2, 0.25) is 26.2 Å². The van der Waals surface area contributed by atoms with Crippen LogP contribution in [0.15, 0.2) is 164 Å². The molecule has 0 radical (unpaired) electrons. The van der Waals surface area contributed by atoms with Crippen LogP contribution in [0, 0.1) is 0 Å². The molecule has 0 aliphatic carbocycles. The summed E-state index contributed by atoms with van der Waals surface area (Å²) in [6.45, 7) is 9.89. The Bertz CT molecular complexity index is 2760. The summed E-state index contributed by atoms with van der Waals surface area (Å²) in [7, 11) is -4.01. The molecule has 0 atom stereocenters. The third-order valence-electron chi connectivity index (χ3n) is 11.8. The molecule has 258 valence electrons. The van der Waals surface area contributed by atoms with Crippen molar-refractivity contribution in [2.45, 2.75) is 26.2 Å². The van der Waals surface area contributed by atoms with Crippen molar-refractivity contribution >= 4 is 36.9 Å². The lowest BCUT2D eigenvalue weighted by atomic mass is 9.91. The number of rotatable bonds is 5. The predicted molar refractivity (Wildman–Crippen MR) is 231 cm³/mol. The molecular weight excluding hydrogens is 687 g/mol. The highest BCUT2D eigenvalue weighted by Crippen LogP contribution is 2.43. The fourth-order valence-electron chi connectivity index (χ4n) is 9.01. The summed E-state index contributed by atoms with van der Waals surface area (Å²) < 4.78 is 0. The van der Waals surface area contributed by atoms with Gasteiger partial charge in [0.15, 0.2) is 17.5 Å². The first kappa shape index (κ1) is 32.6. The number of aromatic nitrogens is 3. The van der Waals surface area contributed by atoms with E-state index in [1.165, 1.54) is 54.1 Å². The van der Waals surface area contributed by atoms with Crippen molar-refractivity contribution in [3.8, 4) is 78.7 Å². The summed E-state index contributed by atoms with van der Waals surface area (Å²) in [5, 5.41) is 5.77.